The quantitative estimate of drug-likeness (QED) is 0.490. The standard InChI is InChI=1S/C20H22ClN5O/c1-2-3-4-8-26-19-15(10-23-26)18(22)17-16(24-19)12-25(20(17)27)11-13-6-5-7-14(21)9-13/h5-7,9-10,12,23H,2-4,8,11,22H2,1H3. The molecule has 0 unspecified atom stereocenters. The molecule has 0 aliphatic rings. The van der Waals surface area contributed by atoms with E-state index in [1.165, 1.54) is 0 Å². The second-order valence-corrected chi connectivity index (χ2v) is 7.28. The third kappa shape index (κ3) is 3.21. The number of aryl methyl sites for hydroxylation is 1. The van der Waals surface area contributed by atoms with Gasteiger partial charge in [0.15, 0.2) is 5.65 Å². The number of pyridine rings is 1. The van der Waals surface area contributed by atoms with E-state index in [9.17, 15) is 4.79 Å². The van der Waals surface area contributed by atoms with Crippen molar-refractivity contribution < 1.29 is 0 Å². The number of rotatable bonds is 6. The molecule has 0 bridgehead atoms. The first kappa shape index (κ1) is 17.7. The van der Waals surface area contributed by atoms with E-state index in [1.807, 2.05) is 35.1 Å². The molecule has 0 aliphatic carbocycles. The predicted octanol–water partition coefficient (Wildman–Crippen LogP) is 4.15. The van der Waals surface area contributed by atoms with E-state index < -0.39 is 0 Å². The third-order valence-electron chi connectivity index (χ3n) is 4.88. The zero-order valence-corrected chi connectivity index (χ0v) is 16.0. The van der Waals surface area contributed by atoms with Gasteiger partial charge in [0.25, 0.3) is 5.56 Å². The molecule has 6 nitrogen and oxygen atoms in total. The van der Waals surface area contributed by atoms with Crippen LogP contribution in [0.5, 0.6) is 0 Å². The molecule has 7 heteroatoms. The maximum absolute atomic E-state index is 12.9. The van der Waals surface area contributed by atoms with Gasteiger partial charge >= 0.3 is 0 Å². The second-order valence-electron chi connectivity index (χ2n) is 6.85. The fourth-order valence-corrected chi connectivity index (χ4v) is 3.70. The van der Waals surface area contributed by atoms with Gasteiger partial charge in [-0.2, -0.15) is 0 Å². The monoisotopic (exact) mass is 383 g/mol. The van der Waals surface area contributed by atoms with Gasteiger partial charge in [-0.05, 0) is 24.1 Å². The van der Waals surface area contributed by atoms with Crippen LogP contribution in [0.3, 0.4) is 0 Å². The molecule has 0 amide bonds. The number of unbranched alkanes of at least 4 members (excludes halogenated alkanes) is 2. The first-order chi connectivity index (χ1) is 13.1. The van der Waals surface area contributed by atoms with Crippen molar-refractivity contribution in [3.63, 3.8) is 0 Å². The molecule has 0 spiro atoms. The topological polar surface area (TPSA) is 81.6 Å². The molecule has 0 aliphatic heterocycles. The number of nitrogens with zero attached hydrogens (tertiary/aromatic N) is 3. The van der Waals surface area contributed by atoms with Crippen molar-refractivity contribution in [2.24, 2.45) is 0 Å². The highest BCUT2D eigenvalue weighted by molar-refractivity contribution is 6.30. The van der Waals surface area contributed by atoms with E-state index in [0.29, 0.717) is 28.2 Å². The summed E-state index contributed by atoms with van der Waals surface area (Å²) in [7, 11) is 0. The van der Waals surface area contributed by atoms with Crippen molar-refractivity contribution in [2.75, 3.05) is 5.73 Å². The van der Waals surface area contributed by atoms with Crippen LogP contribution in [0.4, 0.5) is 5.69 Å². The van der Waals surface area contributed by atoms with Crippen LogP contribution in [-0.2, 0) is 13.1 Å². The first-order valence-corrected chi connectivity index (χ1v) is 9.57. The van der Waals surface area contributed by atoms with Gasteiger partial charge in [0.1, 0.15) is 0 Å². The van der Waals surface area contributed by atoms with Crippen molar-refractivity contribution in [1.29, 1.82) is 0 Å². The molecule has 27 heavy (non-hydrogen) atoms. The van der Waals surface area contributed by atoms with E-state index in [1.54, 1.807) is 10.8 Å². The Labute approximate surface area is 161 Å². The van der Waals surface area contributed by atoms with Crippen molar-refractivity contribution in [3.8, 4) is 0 Å². The summed E-state index contributed by atoms with van der Waals surface area (Å²) >= 11 is 6.05. The van der Waals surface area contributed by atoms with E-state index in [0.717, 1.165) is 42.4 Å². The van der Waals surface area contributed by atoms with Crippen LogP contribution in [0.2, 0.25) is 5.02 Å². The Hall–Kier alpha value is -2.73. The summed E-state index contributed by atoms with van der Waals surface area (Å²) in [6.45, 7) is 3.46. The number of benzene rings is 1. The van der Waals surface area contributed by atoms with Crippen LogP contribution in [0.15, 0.2) is 41.5 Å². The van der Waals surface area contributed by atoms with Gasteiger partial charge in [0, 0.05) is 24.0 Å². The normalized spacial score (nSPS) is 11.6. The smallest absolute Gasteiger partial charge is 0.262 e. The van der Waals surface area contributed by atoms with Crippen LogP contribution < -0.4 is 11.3 Å². The van der Waals surface area contributed by atoms with E-state index in [2.05, 4.69) is 12.0 Å². The summed E-state index contributed by atoms with van der Waals surface area (Å²) < 4.78 is 3.64. The number of aromatic nitrogens is 4. The lowest BCUT2D eigenvalue weighted by Gasteiger charge is -2.04. The highest BCUT2D eigenvalue weighted by Crippen LogP contribution is 2.27. The number of H-pyrrole nitrogens is 1. The summed E-state index contributed by atoms with van der Waals surface area (Å²) in [5, 5.41) is 5.12. The van der Waals surface area contributed by atoms with Gasteiger partial charge in [-0.25, -0.2) is 4.98 Å². The van der Waals surface area contributed by atoms with Crippen LogP contribution in [-0.4, -0.2) is 19.3 Å². The van der Waals surface area contributed by atoms with E-state index in [-0.39, 0.29) is 5.56 Å². The summed E-state index contributed by atoms with van der Waals surface area (Å²) in [6, 6.07) is 7.49. The van der Waals surface area contributed by atoms with Gasteiger partial charge in [-0.1, -0.05) is 43.5 Å². The van der Waals surface area contributed by atoms with Crippen molar-refractivity contribution in [3.05, 3.63) is 57.6 Å². The number of nitrogens with two attached hydrogens (primary N) is 1. The molecular weight excluding hydrogens is 362 g/mol. The zero-order valence-electron chi connectivity index (χ0n) is 15.2. The Morgan fingerprint density at radius 2 is 2.15 bits per heavy atom. The number of halogens is 1. The van der Waals surface area contributed by atoms with Gasteiger partial charge < -0.3 is 15.4 Å². The average molecular weight is 384 g/mol. The van der Waals surface area contributed by atoms with Gasteiger partial charge in [0.05, 0.1) is 28.5 Å². The number of hydrogen-bond donors (Lipinski definition) is 2. The summed E-state index contributed by atoms with van der Waals surface area (Å²) in [5.74, 6) is 0. The van der Waals surface area contributed by atoms with Gasteiger partial charge in [-0.3, -0.25) is 9.48 Å². The summed E-state index contributed by atoms with van der Waals surface area (Å²) in [5.41, 5.74) is 9.07. The molecule has 0 fully saturated rings. The number of nitrogens with one attached hydrogen (secondary N) is 1. The van der Waals surface area contributed by atoms with Crippen molar-refractivity contribution in [1.82, 2.24) is 19.3 Å². The largest absolute Gasteiger partial charge is 0.397 e. The Kier molecular flexibility index (Phi) is 4.66. The molecule has 0 atom stereocenters. The second kappa shape index (κ2) is 7.12. The van der Waals surface area contributed by atoms with E-state index >= 15 is 0 Å². The first-order valence-electron chi connectivity index (χ1n) is 9.19. The Balaban J connectivity index is 1.78. The molecule has 4 rings (SSSR count). The lowest BCUT2D eigenvalue weighted by atomic mass is 10.2. The number of hydrogen-bond acceptors (Lipinski definition) is 3. The van der Waals surface area contributed by atoms with E-state index in [4.69, 9.17) is 22.3 Å². The lowest BCUT2D eigenvalue weighted by molar-refractivity contribution is 0.564. The molecule has 3 heterocycles. The van der Waals surface area contributed by atoms with Crippen LogP contribution >= 0.6 is 11.6 Å². The van der Waals surface area contributed by atoms with Crippen molar-refractivity contribution in [2.45, 2.75) is 39.3 Å². The maximum Gasteiger partial charge on any atom is 0.262 e. The minimum Gasteiger partial charge on any atom is -0.397 e. The highest BCUT2D eigenvalue weighted by atomic mass is 35.5. The number of aromatic amines is 1. The van der Waals surface area contributed by atoms with Gasteiger partial charge in [0.2, 0.25) is 0 Å². The predicted molar refractivity (Wildman–Crippen MR) is 110 cm³/mol. The molecule has 1 aromatic carbocycles. The summed E-state index contributed by atoms with van der Waals surface area (Å²) in [6.07, 6.45) is 6.99. The summed E-state index contributed by atoms with van der Waals surface area (Å²) in [4.78, 5) is 17.6. The molecule has 0 saturated carbocycles. The maximum atomic E-state index is 12.9. The third-order valence-corrected chi connectivity index (χ3v) is 5.12. The van der Waals surface area contributed by atoms with Crippen LogP contribution in [0, 0.1) is 0 Å². The number of fused-ring (bicyclic) bond motifs is 2. The van der Waals surface area contributed by atoms with Crippen LogP contribution in [0.25, 0.3) is 21.9 Å². The molecule has 3 aromatic heterocycles. The molecular formula is C20H22ClN5O. The molecule has 0 radical (unpaired) electrons. The lowest BCUT2D eigenvalue weighted by Crippen LogP contribution is -2.15. The fourth-order valence-electron chi connectivity index (χ4n) is 3.48. The Morgan fingerprint density at radius 1 is 1.30 bits per heavy atom. The molecule has 0 saturated heterocycles. The number of nitrogen functional groups attached to an aromatic ring is 1. The Bertz CT molecular complexity index is 1170. The molecule has 3 N–H and O–H groups in total. The molecule has 4 aromatic rings. The van der Waals surface area contributed by atoms with Gasteiger partial charge in [-0.15, -0.1) is 0 Å². The highest BCUT2D eigenvalue weighted by Gasteiger charge is 2.16. The SMILES string of the molecule is CCCCCn1[nH]cc2c(N)c3c(=O)n(Cc4cccc(Cl)c4)cc3nc21. The Morgan fingerprint density at radius 3 is 2.93 bits per heavy atom. The molecule has 140 valence electrons. The number of anilines is 1. The zero-order chi connectivity index (χ0) is 19.0. The van der Waals surface area contributed by atoms with Crippen molar-refractivity contribution >= 4 is 39.2 Å². The van der Waals surface area contributed by atoms with Crippen LogP contribution in [0.1, 0.15) is 31.7 Å². The average Bonchev–Trinajstić information content (AvgIpc) is 3.18. The minimum atomic E-state index is -0.129. The fraction of sp³-hybridized carbons (Fsp3) is 0.300. The minimum absolute atomic E-state index is 0.129.